The summed E-state index contributed by atoms with van der Waals surface area (Å²) in [6.45, 7) is 0. The van der Waals surface area contributed by atoms with Gasteiger partial charge >= 0.3 is 0 Å². The normalized spacial score (nSPS) is 9.75. The van der Waals surface area contributed by atoms with Crippen LogP contribution in [-0.2, 0) is 0 Å². The minimum atomic E-state index is 0.694. The molecule has 0 radical (unpaired) electrons. The Kier molecular flexibility index (Phi) is 2.89. The number of nitrogen functional groups attached to an aromatic ring is 1. The zero-order chi connectivity index (χ0) is 11.5. The van der Waals surface area contributed by atoms with Gasteiger partial charge in [-0.1, -0.05) is 30.2 Å². The minimum Gasteiger partial charge on any atom is -0.397 e. The molecule has 0 unspecified atom stereocenters. The molecule has 2 aromatic rings. The Morgan fingerprint density at radius 1 is 1.06 bits per heavy atom. The second kappa shape index (κ2) is 4.34. The van der Waals surface area contributed by atoms with E-state index in [0.717, 1.165) is 21.6 Å². The third kappa shape index (κ3) is 1.91. The van der Waals surface area contributed by atoms with Crippen molar-refractivity contribution < 1.29 is 0 Å². The summed E-state index contributed by atoms with van der Waals surface area (Å²) < 4.78 is 0. The molecule has 0 aliphatic carbocycles. The monoisotopic (exact) mass is 225 g/mol. The van der Waals surface area contributed by atoms with Gasteiger partial charge in [-0.3, -0.25) is 0 Å². The topological polar surface area (TPSA) is 26.0 Å². The predicted molar refractivity (Wildman–Crippen MR) is 71.5 cm³/mol. The summed E-state index contributed by atoms with van der Waals surface area (Å²) in [5.74, 6) is 2.59. The van der Waals surface area contributed by atoms with Crippen molar-refractivity contribution in [3.63, 3.8) is 0 Å². The Morgan fingerprint density at radius 3 is 2.38 bits per heavy atom. The molecule has 78 valence electrons. The molecule has 2 rings (SSSR count). The largest absolute Gasteiger partial charge is 0.397 e. The third-order valence-corrected chi connectivity index (χ3v) is 2.84. The van der Waals surface area contributed by atoms with Crippen molar-refractivity contribution >= 4 is 18.3 Å². The molecule has 0 atom stereocenters. The van der Waals surface area contributed by atoms with E-state index >= 15 is 0 Å². The number of benzene rings is 2. The number of thiol groups is 1. The lowest BCUT2D eigenvalue weighted by molar-refractivity contribution is 1.46. The average Bonchev–Trinajstić information content (AvgIpc) is 2.33. The summed E-state index contributed by atoms with van der Waals surface area (Å²) in [5.41, 5.74) is 9.56. The molecule has 2 aromatic carbocycles. The van der Waals surface area contributed by atoms with Crippen molar-refractivity contribution in [1.29, 1.82) is 0 Å². The fraction of sp³-hybridized carbons (Fsp3) is 0. The molecular formula is C14H11NS. The van der Waals surface area contributed by atoms with Crippen molar-refractivity contribution in [2.45, 2.75) is 4.90 Å². The van der Waals surface area contributed by atoms with Gasteiger partial charge in [-0.15, -0.1) is 19.1 Å². The second-order valence-electron chi connectivity index (χ2n) is 3.46. The van der Waals surface area contributed by atoms with Gasteiger partial charge in [0.15, 0.2) is 0 Å². The van der Waals surface area contributed by atoms with E-state index in [2.05, 4.69) is 18.5 Å². The number of terminal acetylenes is 1. The van der Waals surface area contributed by atoms with E-state index in [0.29, 0.717) is 5.69 Å². The van der Waals surface area contributed by atoms with Gasteiger partial charge in [0.25, 0.3) is 0 Å². The number of hydrogen-bond donors (Lipinski definition) is 2. The van der Waals surface area contributed by atoms with Crippen molar-refractivity contribution in [3.8, 4) is 23.5 Å². The SMILES string of the molecule is C#Cc1ccc(-c2cccc(S)c2N)cc1. The molecule has 0 amide bonds. The van der Waals surface area contributed by atoms with Crippen LogP contribution in [0.25, 0.3) is 11.1 Å². The molecule has 0 aromatic heterocycles. The summed E-state index contributed by atoms with van der Waals surface area (Å²) in [7, 11) is 0. The molecule has 0 aliphatic heterocycles. The first-order chi connectivity index (χ1) is 7.72. The highest BCUT2D eigenvalue weighted by Gasteiger charge is 2.04. The fourth-order valence-corrected chi connectivity index (χ4v) is 1.76. The lowest BCUT2D eigenvalue weighted by Gasteiger charge is -2.07. The first-order valence-electron chi connectivity index (χ1n) is 4.87. The molecule has 16 heavy (non-hydrogen) atoms. The van der Waals surface area contributed by atoms with Gasteiger partial charge in [0.1, 0.15) is 0 Å². The van der Waals surface area contributed by atoms with Crippen LogP contribution in [0.3, 0.4) is 0 Å². The number of nitrogens with two attached hydrogens (primary N) is 1. The predicted octanol–water partition coefficient (Wildman–Crippen LogP) is 3.21. The molecule has 0 saturated heterocycles. The van der Waals surface area contributed by atoms with Crippen LogP contribution in [0.2, 0.25) is 0 Å². The van der Waals surface area contributed by atoms with Crippen molar-refractivity contribution in [1.82, 2.24) is 0 Å². The first kappa shape index (κ1) is 10.7. The van der Waals surface area contributed by atoms with Gasteiger partial charge in [0, 0.05) is 16.0 Å². The molecule has 2 heteroatoms. The zero-order valence-electron chi connectivity index (χ0n) is 8.64. The molecule has 2 N–H and O–H groups in total. The Balaban J connectivity index is 2.51. The average molecular weight is 225 g/mol. The van der Waals surface area contributed by atoms with E-state index in [9.17, 15) is 0 Å². The molecule has 0 bridgehead atoms. The molecular weight excluding hydrogens is 214 g/mol. The van der Waals surface area contributed by atoms with Gasteiger partial charge < -0.3 is 5.73 Å². The van der Waals surface area contributed by atoms with Gasteiger partial charge in [0.2, 0.25) is 0 Å². The molecule has 1 nitrogen and oxygen atoms in total. The summed E-state index contributed by atoms with van der Waals surface area (Å²) in [4.78, 5) is 0.790. The molecule has 0 spiro atoms. The standard InChI is InChI=1S/C14H11NS/c1-2-10-6-8-11(9-7-10)12-4-3-5-13(16)14(12)15/h1,3-9,16H,15H2. The van der Waals surface area contributed by atoms with E-state index in [1.807, 2.05) is 42.5 Å². The maximum atomic E-state index is 5.97. The number of rotatable bonds is 1. The van der Waals surface area contributed by atoms with Crippen LogP contribution in [-0.4, -0.2) is 0 Å². The molecule has 0 heterocycles. The highest BCUT2D eigenvalue weighted by Crippen LogP contribution is 2.30. The molecule has 0 aliphatic rings. The van der Waals surface area contributed by atoms with Crippen LogP contribution in [0.1, 0.15) is 5.56 Å². The second-order valence-corrected chi connectivity index (χ2v) is 3.94. The first-order valence-corrected chi connectivity index (χ1v) is 5.31. The van der Waals surface area contributed by atoms with E-state index in [1.165, 1.54) is 0 Å². The quantitative estimate of drug-likeness (QED) is 0.435. The van der Waals surface area contributed by atoms with Gasteiger partial charge in [-0.2, -0.15) is 0 Å². The minimum absolute atomic E-state index is 0.694. The van der Waals surface area contributed by atoms with Gasteiger partial charge in [-0.25, -0.2) is 0 Å². The highest BCUT2D eigenvalue weighted by atomic mass is 32.1. The van der Waals surface area contributed by atoms with E-state index < -0.39 is 0 Å². The van der Waals surface area contributed by atoms with Crippen molar-refractivity contribution in [2.75, 3.05) is 5.73 Å². The summed E-state index contributed by atoms with van der Waals surface area (Å²) in [6, 6.07) is 13.5. The summed E-state index contributed by atoms with van der Waals surface area (Å²) in [5, 5.41) is 0. The van der Waals surface area contributed by atoms with Gasteiger partial charge in [-0.05, 0) is 23.8 Å². The van der Waals surface area contributed by atoms with Crippen LogP contribution in [0.15, 0.2) is 47.4 Å². The summed E-state index contributed by atoms with van der Waals surface area (Å²) >= 11 is 4.30. The van der Waals surface area contributed by atoms with E-state index in [-0.39, 0.29) is 0 Å². The van der Waals surface area contributed by atoms with Crippen LogP contribution >= 0.6 is 12.6 Å². The zero-order valence-corrected chi connectivity index (χ0v) is 9.54. The van der Waals surface area contributed by atoms with Crippen LogP contribution in [0.5, 0.6) is 0 Å². The van der Waals surface area contributed by atoms with Crippen molar-refractivity contribution in [2.24, 2.45) is 0 Å². The molecule has 0 saturated carbocycles. The smallest absolute Gasteiger partial charge is 0.0529 e. The lowest BCUT2D eigenvalue weighted by atomic mass is 10.0. The van der Waals surface area contributed by atoms with Crippen LogP contribution < -0.4 is 5.73 Å². The van der Waals surface area contributed by atoms with E-state index in [4.69, 9.17) is 12.2 Å². The Hall–Kier alpha value is -1.85. The maximum absolute atomic E-state index is 5.97. The Morgan fingerprint density at radius 2 is 1.75 bits per heavy atom. The molecule has 0 fully saturated rings. The maximum Gasteiger partial charge on any atom is 0.0529 e. The Bertz CT molecular complexity index is 550. The van der Waals surface area contributed by atoms with Crippen LogP contribution in [0, 0.1) is 12.3 Å². The fourth-order valence-electron chi connectivity index (χ4n) is 1.55. The van der Waals surface area contributed by atoms with Crippen LogP contribution in [0.4, 0.5) is 5.69 Å². The lowest BCUT2D eigenvalue weighted by Crippen LogP contribution is -1.91. The van der Waals surface area contributed by atoms with E-state index in [1.54, 1.807) is 0 Å². The van der Waals surface area contributed by atoms with Crippen molar-refractivity contribution in [3.05, 3.63) is 48.0 Å². The third-order valence-electron chi connectivity index (χ3n) is 2.45. The number of anilines is 1. The number of para-hydroxylation sites is 1. The number of hydrogen-bond acceptors (Lipinski definition) is 2. The Labute approximate surface area is 101 Å². The summed E-state index contributed by atoms with van der Waals surface area (Å²) in [6.07, 6.45) is 5.31. The highest BCUT2D eigenvalue weighted by molar-refractivity contribution is 7.80. The van der Waals surface area contributed by atoms with Gasteiger partial charge in [0.05, 0.1) is 5.69 Å².